The van der Waals surface area contributed by atoms with Gasteiger partial charge in [0.25, 0.3) is 0 Å². The Hall–Kier alpha value is -1.69. The van der Waals surface area contributed by atoms with Crippen LogP contribution in [0.2, 0.25) is 0 Å². The maximum atomic E-state index is 12.2. The van der Waals surface area contributed by atoms with Gasteiger partial charge in [0.15, 0.2) is 0 Å². The summed E-state index contributed by atoms with van der Waals surface area (Å²) in [6.45, 7) is 4.01. The molecule has 21 heavy (non-hydrogen) atoms. The number of hydrogen-bond acceptors (Lipinski definition) is 4. The molecule has 5 nitrogen and oxygen atoms in total. The number of thioether (sulfide) groups is 1. The van der Waals surface area contributed by atoms with Gasteiger partial charge in [0.05, 0.1) is 19.3 Å². The minimum atomic E-state index is -0.895. The number of hydrogen-bond donors (Lipinski definition) is 1. The van der Waals surface area contributed by atoms with Gasteiger partial charge in [-0.3, -0.25) is 9.59 Å². The third kappa shape index (κ3) is 6.08. The number of carbonyl (C=O) groups excluding carboxylic acids is 1. The van der Waals surface area contributed by atoms with Crippen LogP contribution in [-0.4, -0.2) is 47.3 Å². The maximum Gasteiger partial charge on any atom is 0.305 e. The lowest BCUT2D eigenvalue weighted by molar-refractivity contribution is -0.138. The van der Waals surface area contributed by atoms with Crippen LogP contribution in [0.1, 0.15) is 20.3 Å². The predicted octanol–water partition coefficient (Wildman–Crippen LogP) is 2.50. The van der Waals surface area contributed by atoms with Crippen molar-refractivity contribution in [1.29, 1.82) is 0 Å². The van der Waals surface area contributed by atoms with Crippen LogP contribution in [0.25, 0.3) is 0 Å². The molecule has 0 atom stereocenters. The summed E-state index contributed by atoms with van der Waals surface area (Å²) in [6, 6.07) is 7.49. The van der Waals surface area contributed by atoms with E-state index in [9.17, 15) is 9.59 Å². The van der Waals surface area contributed by atoms with E-state index in [1.807, 2.05) is 38.1 Å². The number of rotatable bonds is 8. The summed E-state index contributed by atoms with van der Waals surface area (Å²) in [5, 5.41) is 8.73. The first-order valence-corrected chi connectivity index (χ1v) is 7.70. The Balaban J connectivity index is 2.58. The van der Waals surface area contributed by atoms with Gasteiger partial charge >= 0.3 is 5.97 Å². The minimum absolute atomic E-state index is 0.0113. The fraction of sp³-hybridized carbons (Fsp3) is 0.467. The van der Waals surface area contributed by atoms with Gasteiger partial charge in [-0.15, -0.1) is 11.8 Å². The van der Waals surface area contributed by atoms with Crippen molar-refractivity contribution in [2.45, 2.75) is 31.2 Å². The summed E-state index contributed by atoms with van der Waals surface area (Å²) in [4.78, 5) is 25.4. The SMILES string of the molecule is COc1cccc(SCC(=O)N(CCC(=O)O)C(C)C)c1. The predicted molar refractivity (Wildman–Crippen MR) is 82.8 cm³/mol. The van der Waals surface area contributed by atoms with Gasteiger partial charge in [-0.05, 0) is 32.0 Å². The highest BCUT2D eigenvalue weighted by atomic mass is 32.2. The molecule has 0 radical (unpaired) electrons. The molecular weight excluding hydrogens is 290 g/mol. The second kappa shape index (κ2) is 8.56. The minimum Gasteiger partial charge on any atom is -0.497 e. The molecule has 6 heteroatoms. The molecule has 0 spiro atoms. The highest BCUT2D eigenvalue weighted by molar-refractivity contribution is 8.00. The van der Waals surface area contributed by atoms with Gasteiger partial charge in [-0.25, -0.2) is 0 Å². The van der Waals surface area contributed by atoms with Crippen LogP contribution in [-0.2, 0) is 9.59 Å². The van der Waals surface area contributed by atoms with Crippen LogP contribution in [0.15, 0.2) is 29.2 Å². The third-order valence-corrected chi connectivity index (χ3v) is 3.89. The zero-order valence-corrected chi connectivity index (χ0v) is 13.4. The molecule has 1 N–H and O–H groups in total. The van der Waals surface area contributed by atoms with Crippen LogP contribution >= 0.6 is 11.8 Å². The fourth-order valence-corrected chi connectivity index (χ4v) is 2.64. The van der Waals surface area contributed by atoms with E-state index in [1.54, 1.807) is 12.0 Å². The van der Waals surface area contributed by atoms with E-state index in [1.165, 1.54) is 11.8 Å². The van der Waals surface area contributed by atoms with Crippen LogP contribution < -0.4 is 4.74 Å². The number of ether oxygens (including phenoxy) is 1. The molecule has 0 aliphatic rings. The smallest absolute Gasteiger partial charge is 0.305 e. The highest BCUT2D eigenvalue weighted by Gasteiger charge is 2.18. The van der Waals surface area contributed by atoms with E-state index in [0.717, 1.165) is 10.6 Å². The number of aliphatic carboxylic acids is 1. The molecule has 0 fully saturated rings. The van der Waals surface area contributed by atoms with Crippen molar-refractivity contribution < 1.29 is 19.4 Å². The molecular formula is C15H21NO4S. The Kier molecular flexibility index (Phi) is 7.08. The average Bonchev–Trinajstić information content (AvgIpc) is 2.44. The monoisotopic (exact) mass is 311 g/mol. The molecule has 1 aromatic rings. The van der Waals surface area contributed by atoms with Crippen molar-refractivity contribution >= 4 is 23.6 Å². The lowest BCUT2D eigenvalue weighted by atomic mass is 10.3. The van der Waals surface area contributed by atoms with E-state index in [-0.39, 0.29) is 30.7 Å². The number of carboxylic acid groups (broad SMARTS) is 1. The van der Waals surface area contributed by atoms with E-state index in [2.05, 4.69) is 0 Å². The Bertz CT molecular complexity index is 490. The van der Waals surface area contributed by atoms with Gasteiger partial charge in [0, 0.05) is 17.5 Å². The Morgan fingerprint density at radius 1 is 1.38 bits per heavy atom. The van der Waals surface area contributed by atoms with Crippen LogP contribution in [0.5, 0.6) is 5.75 Å². The van der Waals surface area contributed by atoms with Crippen LogP contribution in [0, 0.1) is 0 Å². The van der Waals surface area contributed by atoms with Crippen molar-refractivity contribution in [2.24, 2.45) is 0 Å². The molecule has 0 aliphatic carbocycles. The van der Waals surface area contributed by atoms with Gasteiger partial charge < -0.3 is 14.7 Å². The number of amides is 1. The second-order valence-corrected chi connectivity index (χ2v) is 5.84. The standard InChI is InChI=1S/C15H21NO4S/c1-11(2)16(8-7-15(18)19)14(17)10-21-13-6-4-5-12(9-13)20-3/h4-6,9,11H,7-8,10H2,1-3H3,(H,18,19). The largest absolute Gasteiger partial charge is 0.497 e. The van der Waals surface area contributed by atoms with Gasteiger partial charge in [0.2, 0.25) is 5.91 Å². The molecule has 0 saturated carbocycles. The number of carboxylic acids is 1. The summed E-state index contributed by atoms with van der Waals surface area (Å²) < 4.78 is 5.14. The molecule has 1 rings (SSSR count). The fourth-order valence-electron chi connectivity index (χ4n) is 1.81. The number of nitrogens with zero attached hydrogens (tertiary/aromatic N) is 1. The Morgan fingerprint density at radius 2 is 2.10 bits per heavy atom. The first-order chi connectivity index (χ1) is 9.93. The van der Waals surface area contributed by atoms with Crippen molar-refractivity contribution in [3.05, 3.63) is 24.3 Å². The molecule has 0 saturated heterocycles. The molecule has 1 aromatic carbocycles. The van der Waals surface area contributed by atoms with Gasteiger partial charge in [0.1, 0.15) is 5.75 Å². The molecule has 1 amide bonds. The Morgan fingerprint density at radius 3 is 2.67 bits per heavy atom. The summed E-state index contributed by atoms with van der Waals surface area (Å²) in [6.07, 6.45) is -0.0340. The summed E-state index contributed by atoms with van der Waals surface area (Å²) >= 11 is 1.42. The zero-order valence-electron chi connectivity index (χ0n) is 12.5. The normalized spacial score (nSPS) is 10.5. The molecule has 116 valence electrons. The maximum absolute atomic E-state index is 12.2. The average molecular weight is 311 g/mol. The van der Waals surface area contributed by atoms with Crippen molar-refractivity contribution in [3.8, 4) is 5.75 Å². The van der Waals surface area contributed by atoms with E-state index in [0.29, 0.717) is 0 Å². The van der Waals surface area contributed by atoms with E-state index < -0.39 is 5.97 Å². The number of benzene rings is 1. The summed E-state index contributed by atoms with van der Waals surface area (Å²) in [5.74, 6) is 0.0809. The van der Waals surface area contributed by atoms with Gasteiger partial charge in [-0.2, -0.15) is 0 Å². The second-order valence-electron chi connectivity index (χ2n) is 4.79. The van der Waals surface area contributed by atoms with Crippen LogP contribution in [0.4, 0.5) is 0 Å². The van der Waals surface area contributed by atoms with Crippen molar-refractivity contribution in [2.75, 3.05) is 19.4 Å². The zero-order chi connectivity index (χ0) is 15.8. The lowest BCUT2D eigenvalue weighted by Gasteiger charge is -2.26. The lowest BCUT2D eigenvalue weighted by Crippen LogP contribution is -2.39. The summed E-state index contributed by atoms with van der Waals surface area (Å²) in [7, 11) is 1.60. The topological polar surface area (TPSA) is 66.8 Å². The van der Waals surface area contributed by atoms with Gasteiger partial charge in [-0.1, -0.05) is 6.07 Å². The molecule has 0 aromatic heterocycles. The molecule has 0 aliphatic heterocycles. The summed E-state index contributed by atoms with van der Waals surface area (Å²) in [5.41, 5.74) is 0. The number of methoxy groups -OCH3 is 1. The quantitative estimate of drug-likeness (QED) is 0.747. The van der Waals surface area contributed by atoms with E-state index in [4.69, 9.17) is 9.84 Å². The first kappa shape index (κ1) is 17.4. The molecule has 0 heterocycles. The molecule has 0 unspecified atom stereocenters. The van der Waals surface area contributed by atoms with E-state index >= 15 is 0 Å². The van der Waals surface area contributed by atoms with Crippen LogP contribution in [0.3, 0.4) is 0 Å². The van der Waals surface area contributed by atoms with Crippen molar-refractivity contribution in [3.63, 3.8) is 0 Å². The third-order valence-electron chi connectivity index (χ3n) is 2.91. The van der Waals surface area contributed by atoms with Crippen molar-refractivity contribution in [1.82, 2.24) is 4.90 Å². The molecule has 0 bridgehead atoms. The number of carbonyl (C=O) groups is 2. The highest BCUT2D eigenvalue weighted by Crippen LogP contribution is 2.23. The first-order valence-electron chi connectivity index (χ1n) is 6.72. The Labute approximate surface area is 129 Å².